The Labute approximate surface area is 113 Å². The first kappa shape index (κ1) is 13.5. The predicted molar refractivity (Wildman–Crippen MR) is 74.7 cm³/mol. The second kappa shape index (κ2) is 5.79. The number of hydrogen-bond donors (Lipinski definition) is 1. The Morgan fingerprint density at radius 1 is 1.42 bits per heavy atom. The fraction of sp³-hybridized carbons (Fsp3) is 0.308. The maximum absolute atomic E-state index is 11.9. The van der Waals surface area contributed by atoms with E-state index in [-0.39, 0.29) is 5.56 Å². The third kappa shape index (κ3) is 2.90. The minimum absolute atomic E-state index is 0.373. The number of H-pyrrole nitrogens is 1. The lowest BCUT2D eigenvalue weighted by atomic mass is 10.2. The number of aromatic nitrogens is 2. The molecule has 0 aliphatic rings. The van der Waals surface area contributed by atoms with E-state index in [2.05, 4.69) is 4.98 Å². The number of nitrogens with one attached hydrogen (secondary N) is 1. The molecule has 0 radical (unpaired) electrons. The fourth-order valence-electron chi connectivity index (χ4n) is 1.83. The monoisotopic (exact) mass is 278 g/mol. The van der Waals surface area contributed by atoms with Gasteiger partial charge in [0.1, 0.15) is 6.29 Å². The van der Waals surface area contributed by atoms with Crippen LogP contribution >= 0.6 is 11.3 Å². The number of hydrogen-bond acceptors (Lipinski definition) is 4. The quantitative estimate of drug-likeness (QED) is 0.666. The molecule has 0 aromatic carbocycles. The van der Waals surface area contributed by atoms with Crippen LogP contribution in [-0.4, -0.2) is 15.8 Å². The minimum Gasteiger partial charge on any atom is -0.303 e. The molecule has 1 N–H and O–H groups in total. The van der Waals surface area contributed by atoms with E-state index >= 15 is 0 Å². The van der Waals surface area contributed by atoms with Crippen LogP contribution in [0.4, 0.5) is 0 Å². The molecule has 2 aromatic rings. The third-order valence-corrected chi connectivity index (χ3v) is 3.89. The molecule has 2 rings (SSSR count). The highest BCUT2D eigenvalue weighted by molar-refractivity contribution is 7.13. The molecule has 0 saturated carbocycles. The molecular formula is C13H14N2O3S. The molecular weight excluding hydrogens is 264 g/mol. The van der Waals surface area contributed by atoms with Gasteiger partial charge < -0.3 is 4.79 Å². The van der Waals surface area contributed by atoms with Gasteiger partial charge >= 0.3 is 5.69 Å². The van der Waals surface area contributed by atoms with E-state index in [1.807, 2.05) is 18.4 Å². The molecule has 0 fully saturated rings. The smallest absolute Gasteiger partial charge is 0.303 e. The van der Waals surface area contributed by atoms with Gasteiger partial charge in [0.05, 0.1) is 5.56 Å². The van der Waals surface area contributed by atoms with Crippen molar-refractivity contribution in [1.82, 2.24) is 9.55 Å². The van der Waals surface area contributed by atoms with Crippen LogP contribution < -0.4 is 11.2 Å². The first-order valence-corrected chi connectivity index (χ1v) is 6.83. The van der Waals surface area contributed by atoms with Gasteiger partial charge in [-0.2, -0.15) is 0 Å². The Morgan fingerprint density at radius 3 is 2.84 bits per heavy atom. The molecule has 19 heavy (non-hydrogen) atoms. The Balaban J connectivity index is 2.43. The molecule has 5 nitrogen and oxygen atoms in total. The highest BCUT2D eigenvalue weighted by Crippen LogP contribution is 2.25. The van der Waals surface area contributed by atoms with Crippen molar-refractivity contribution in [3.8, 4) is 10.4 Å². The van der Waals surface area contributed by atoms with Crippen molar-refractivity contribution in [2.45, 2.75) is 26.3 Å². The van der Waals surface area contributed by atoms with E-state index in [1.54, 1.807) is 6.20 Å². The SMILES string of the molecule is Cc1ccsc1-c1cn(CCCC=O)c(=O)[nH]c1=O. The number of carbonyl (C=O) groups excluding carboxylic acids is 1. The summed E-state index contributed by atoms with van der Waals surface area (Å²) in [6, 6.07) is 1.93. The summed E-state index contributed by atoms with van der Waals surface area (Å²) in [5.74, 6) is 0. The van der Waals surface area contributed by atoms with E-state index in [9.17, 15) is 14.4 Å². The molecule has 0 unspecified atom stereocenters. The van der Waals surface area contributed by atoms with Gasteiger partial charge in [-0.25, -0.2) is 4.79 Å². The topological polar surface area (TPSA) is 71.9 Å². The van der Waals surface area contributed by atoms with Gasteiger partial charge in [0.15, 0.2) is 0 Å². The summed E-state index contributed by atoms with van der Waals surface area (Å²) >= 11 is 1.47. The molecule has 6 heteroatoms. The van der Waals surface area contributed by atoms with Crippen molar-refractivity contribution in [1.29, 1.82) is 0 Å². The second-order valence-electron chi connectivity index (χ2n) is 4.24. The summed E-state index contributed by atoms with van der Waals surface area (Å²) < 4.78 is 1.44. The van der Waals surface area contributed by atoms with Crippen LogP contribution in [0.5, 0.6) is 0 Å². The molecule has 0 aliphatic heterocycles. The number of thiophene rings is 1. The standard InChI is InChI=1S/C13H14N2O3S/c1-9-4-7-19-11(9)10-8-15(5-2-3-6-16)13(18)14-12(10)17/h4,6-8H,2-3,5H2,1H3,(H,14,17,18). The number of aryl methyl sites for hydroxylation is 2. The van der Waals surface area contributed by atoms with Crippen molar-refractivity contribution in [2.75, 3.05) is 0 Å². The Bertz CT molecular complexity index is 696. The second-order valence-corrected chi connectivity index (χ2v) is 5.15. The number of aldehydes is 1. The van der Waals surface area contributed by atoms with E-state index < -0.39 is 5.69 Å². The zero-order valence-electron chi connectivity index (χ0n) is 10.5. The van der Waals surface area contributed by atoms with Gasteiger partial charge in [-0.15, -0.1) is 11.3 Å². The number of rotatable bonds is 5. The number of nitrogens with zero attached hydrogens (tertiary/aromatic N) is 1. The molecule has 0 saturated heterocycles. The lowest BCUT2D eigenvalue weighted by Gasteiger charge is -2.06. The van der Waals surface area contributed by atoms with Crippen LogP contribution in [0, 0.1) is 6.92 Å². The summed E-state index contributed by atoms with van der Waals surface area (Å²) in [5, 5.41) is 1.91. The molecule has 0 atom stereocenters. The minimum atomic E-state index is -0.436. The van der Waals surface area contributed by atoms with E-state index in [1.165, 1.54) is 15.9 Å². The summed E-state index contributed by atoms with van der Waals surface area (Å²) in [7, 11) is 0. The van der Waals surface area contributed by atoms with E-state index in [0.29, 0.717) is 24.9 Å². The predicted octanol–water partition coefficient (Wildman–Crippen LogP) is 1.55. The average Bonchev–Trinajstić information content (AvgIpc) is 2.78. The first-order valence-electron chi connectivity index (χ1n) is 5.95. The molecule has 0 spiro atoms. The maximum Gasteiger partial charge on any atom is 0.328 e. The highest BCUT2D eigenvalue weighted by Gasteiger charge is 2.10. The van der Waals surface area contributed by atoms with Crippen LogP contribution in [0.2, 0.25) is 0 Å². The number of unbranched alkanes of at least 4 members (excludes halogenated alkanes) is 1. The largest absolute Gasteiger partial charge is 0.328 e. The Hall–Kier alpha value is -1.95. The molecule has 2 heterocycles. The van der Waals surface area contributed by atoms with Crippen molar-refractivity contribution >= 4 is 17.6 Å². The summed E-state index contributed by atoms with van der Waals surface area (Å²) in [5.41, 5.74) is 0.697. The molecule has 0 aliphatic carbocycles. The van der Waals surface area contributed by atoms with Crippen LogP contribution in [0.15, 0.2) is 27.2 Å². The number of aromatic amines is 1. The number of carbonyl (C=O) groups is 1. The van der Waals surface area contributed by atoms with E-state index in [4.69, 9.17) is 0 Å². The average molecular weight is 278 g/mol. The summed E-state index contributed by atoms with van der Waals surface area (Å²) in [6.07, 6.45) is 3.38. The molecule has 2 aromatic heterocycles. The van der Waals surface area contributed by atoms with Crippen molar-refractivity contribution in [3.63, 3.8) is 0 Å². The normalized spacial score (nSPS) is 10.6. The third-order valence-electron chi connectivity index (χ3n) is 2.84. The fourth-order valence-corrected chi connectivity index (χ4v) is 2.77. The Kier molecular flexibility index (Phi) is 4.11. The van der Waals surface area contributed by atoms with Gasteiger partial charge in [-0.05, 0) is 30.4 Å². The lowest BCUT2D eigenvalue weighted by molar-refractivity contribution is -0.107. The maximum atomic E-state index is 11.9. The molecule has 100 valence electrons. The van der Waals surface area contributed by atoms with Gasteiger partial charge in [-0.3, -0.25) is 14.3 Å². The van der Waals surface area contributed by atoms with Crippen LogP contribution in [0.25, 0.3) is 10.4 Å². The Morgan fingerprint density at radius 2 is 2.21 bits per heavy atom. The van der Waals surface area contributed by atoms with E-state index in [0.717, 1.165) is 16.7 Å². The van der Waals surface area contributed by atoms with Gasteiger partial charge in [0.25, 0.3) is 5.56 Å². The van der Waals surface area contributed by atoms with Crippen molar-refractivity contribution in [3.05, 3.63) is 44.0 Å². The van der Waals surface area contributed by atoms with Crippen LogP contribution in [0.3, 0.4) is 0 Å². The lowest BCUT2D eigenvalue weighted by Crippen LogP contribution is -2.30. The zero-order chi connectivity index (χ0) is 13.8. The zero-order valence-corrected chi connectivity index (χ0v) is 11.3. The molecule has 0 bridgehead atoms. The summed E-state index contributed by atoms with van der Waals surface area (Å²) in [4.78, 5) is 37.0. The molecule has 0 amide bonds. The van der Waals surface area contributed by atoms with Crippen LogP contribution in [-0.2, 0) is 11.3 Å². The van der Waals surface area contributed by atoms with Crippen LogP contribution in [0.1, 0.15) is 18.4 Å². The van der Waals surface area contributed by atoms with Gasteiger partial charge in [-0.1, -0.05) is 0 Å². The summed E-state index contributed by atoms with van der Waals surface area (Å²) in [6.45, 7) is 2.35. The van der Waals surface area contributed by atoms with Crippen molar-refractivity contribution < 1.29 is 4.79 Å². The van der Waals surface area contributed by atoms with Crippen molar-refractivity contribution in [2.24, 2.45) is 0 Å². The van der Waals surface area contributed by atoms with Gasteiger partial charge in [0.2, 0.25) is 0 Å². The first-order chi connectivity index (χ1) is 9.13. The highest BCUT2D eigenvalue weighted by atomic mass is 32.1. The van der Waals surface area contributed by atoms with Gasteiger partial charge in [0, 0.05) is 24.0 Å².